The first-order chi connectivity index (χ1) is 9.10. The Labute approximate surface area is 108 Å². The van der Waals surface area contributed by atoms with E-state index in [-0.39, 0.29) is 18.5 Å². The van der Waals surface area contributed by atoms with E-state index in [9.17, 15) is 9.90 Å². The topological polar surface area (TPSA) is 133 Å². The maximum atomic E-state index is 11.7. The first-order valence-corrected chi connectivity index (χ1v) is 5.99. The summed E-state index contributed by atoms with van der Waals surface area (Å²) in [7, 11) is 0. The molecule has 0 radical (unpaired) electrons. The molecule has 104 valence electrons. The van der Waals surface area contributed by atoms with E-state index in [4.69, 9.17) is 15.6 Å². The second kappa shape index (κ2) is 4.44. The molecule has 3 aliphatic heterocycles. The molecule has 0 aromatic rings. The van der Waals surface area contributed by atoms with Crippen molar-refractivity contribution in [2.45, 2.75) is 37.1 Å². The van der Waals surface area contributed by atoms with Gasteiger partial charge in [0.05, 0.1) is 19.0 Å². The van der Waals surface area contributed by atoms with Crippen LogP contribution in [0.2, 0.25) is 0 Å². The van der Waals surface area contributed by atoms with E-state index in [1.165, 1.54) is 6.34 Å². The Morgan fingerprint density at radius 2 is 2.42 bits per heavy atom. The summed E-state index contributed by atoms with van der Waals surface area (Å²) in [5, 5.41) is 21.2. The van der Waals surface area contributed by atoms with Crippen molar-refractivity contribution in [2.24, 2.45) is 15.7 Å². The number of nitrogens with one attached hydrogen (secondary N) is 1. The average Bonchev–Trinajstić information content (AvgIpc) is 2.92. The van der Waals surface area contributed by atoms with E-state index in [2.05, 4.69) is 15.3 Å². The Kier molecular flexibility index (Phi) is 2.88. The van der Waals surface area contributed by atoms with Gasteiger partial charge in [0, 0.05) is 6.42 Å². The summed E-state index contributed by atoms with van der Waals surface area (Å²) in [5.41, 5.74) is 5.53. The van der Waals surface area contributed by atoms with E-state index in [1.54, 1.807) is 4.90 Å². The van der Waals surface area contributed by atoms with Crippen LogP contribution in [0, 0.1) is 0 Å². The Morgan fingerprint density at radius 3 is 3.11 bits per heavy atom. The zero-order valence-corrected chi connectivity index (χ0v) is 10.0. The van der Waals surface area contributed by atoms with Crippen molar-refractivity contribution < 1.29 is 19.7 Å². The van der Waals surface area contributed by atoms with Crippen molar-refractivity contribution in [2.75, 3.05) is 6.61 Å². The van der Waals surface area contributed by atoms with Crippen molar-refractivity contribution in [3.05, 3.63) is 0 Å². The largest absolute Gasteiger partial charge is 0.394 e. The molecular weight excluding hydrogens is 254 g/mol. The molecule has 1 saturated heterocycles. The highest BCUT2D eigenvalue weighted by molar-refractivity contribution is 6.02. The number of hydrogen-bond donors (Lipinski definition) is 4. The first kappa shape index (κ1) is 12.3. The zero-order valence-electron chi connectivity index (χ0n) is 10.0. The summed E-state index contributed by atoms with van der Waals surface area (Å²) in [5.74, 6) is -0.271. The maximum absolute atomic E-state index is 11.7. The number of ether oxygens (including phenoxy) is 1. The van der Waals surface area contributed by atoms with Gasteiger partial charge in [0.2, 0.25) is 0 Å². The van der Waals surface area contributed by atoms with Gasteiger partial charge in [-0.2, -0.15) is 0 Å². The predicted molar refractivity (Wildman–Crippen MR) is 64.0 cm³/mol. The van der Waals surface area contributed by atoms with Gasteiger partial charge in [0.25, 0.3) is 5.91 Å². The first-order valence-electron chi connectivity index (χ1n) is 5.99. The number of aliphatic imine (C=N–C) groups is 2. The SMILES string of the molecule is NC1=NC2C(N=CN2C2CC(O)C(CO)O2)C(=O)N1. The average molecular weight is 269 g/mol. The number of carbonyl (C=O) groups excluding carboxylic acids is 1. The van der Waals surface area contributed by atoms with Crippen LogP contribution in [0.3, 0.4) is 0 Å². The highest BCUT2D eigenvalue weighted by atomic mass is 16.5. The van der Waals surface area contributed by atoms with Crippen molar-refractivity contribution in [3.63, 3.8) is 0 Å². The molecule has 0 aromatic carbocycles. The molecule has 1 amide bonds. The molecule has 3 heterocycles. The van der Waals surface area contributed by atoms with Crippen molar-refractivity contribution >= 4 is 18.2 Å². The Hall–Kier alpha value is -1.71. The van der Waals surface area contributed by atoms with Crippen LogP contribution >= 0.6 is 0 Å². The summed E-state index contributed by atoms with van der Waals surface area (Å²) in [6, 6.07) is -0.652. The number of rotatable bonds is 2. The van der Waals surface area contributed by atoms with Gasteiger partial charge in [-0.05, 0) is 0 Å². The minimum atomic E-state index is -0.749. The third-order valence-electron chi connectivity index (χ3n) is 3.46. The lowest BCUT2D eigenvalue weighted by molar-refractivity contribution is -0.123. The van der Waals surface area contributed by atoms with Crippen LogP contribution < -0.4 is 11.1 Å². The molecule has 9 heteroatoms. The van der Waals surface area contributed by atoms with Gasteiger partial charge in [-0.1, -0.05) is 0 Å². The molecule has 0 bridgehead atoms. The molecule has 9 nitrogen and oxygen atoms in total. The highest BCUT2D eigenvalue weighted by Gasteiger charge is 2.46. The van der Waals surface area contributed by atoms with Crippen molar-refractivity contribution in [1.29, 1.82) is 0 Å². The molecule has 1 fully saturated rings. The van der Waals surface area contributed by atoms with Gasteiger partial charge in [-0.3, -0.25) is 15.1 Å². The van der Waals surface area contributed by atoms with Crippen LogP contribution in [0.1, 0.15) is 6.42 Å². The lowest BCUT2D eigenvalue weighted by Gasteiger charge is -2.31. The molecule has 5 unspecified atom stereocenters. The molecule has 3 aliphatic rings. The Balaban J connectivity index is 1.78. The molecule has 3 rings (SSSR count). The van der Waals surface area contributed by atoms with E-state index < -0.39 is 30.6 Å². The minimum Gasteiger partial charge on any atom is -0.394 e. The number of aliphatic hydroxyl groups excluding tert-OH is 2. The summed E-state index contributed by atoms with van der Waals surface area (Å²) in [4.78, 5) is 21.5. The Morgan fingerprint density at radius 1 is 1.63 bits per heavy atom. The van der Waals surface area contributed by atoms with E-state index in [0.717, 1.165) is 0 Å². The normalized spacial score (nSPS) is 41.2. The summed E-state index contributed by atoms with van der Waals surface area (Å²) >= 11 is 0. The standard InChI is InChI=1S/C10H15N5O4/c11-10-13-8-7(9(18)14-10)12-3-15(8)6-1-4(17)5(2-16)19-6/h3-8,16-17H,1-2H2,(H3,11,13,14,18). The van der Waals surface area contributed by atoms with E-state index in [0.29, 0.717) is 6.42 Å². The van der Waals surface area contributed by atoms with Gasteiger partial charge >= 0.3 is 0 Å². The predicted octanol–water partition coefficient (Wildman–Crippen LogP) is -3.06. The second-order valence-electron chi connectivity index (χ2n) is 4.69. The van der Waals surface area contributed by atoms with Gasteiger partial charge in [-0.25, -0.2) is 4.99 Å². The summed E-state index contributed by atoms with van der Waals surface area (Å²) in [6.45, 7) is -0.261. The van der Waals surface area contributed by atoms with Gasteiger partial charge in [0.1, 0.15) is 12.3 Å². The molecule has 0 spiro atoms. The number of guanidine groups is 1. The number of nitrogens with zero attached hydrogens (tertiary/aromatic N) is 3. The molecular formula is C10H15N5O4. The van der Waals surface area contributed by atoms with Crippen molar-refractivity contribution in [1.82, 2.24) is 10.2 Å². The monoisotopic (exact) mass is 269 g/mol. The third kappa shape index (κ3) is 1.95. The fourth-order valence-corrected chi connectivity index (χ4v) is 2.48. The third-order valence-corrected chi connectivity index (χ3v) is 3.46. The number of aliphatic hydroxyl groups is 2. The highest BCUT2D eigenvalue weighted by Crippen LogP contribution is 2.28. The van der Waals surface area contributed by atoms with E-state index >= 15 is 0 Å². The molecule has 5 atom stereocenters. The fraction of sp³-hybridized carbons (Fsp3) is 0.700. The smallest absolute Gasteiger partial charge is 0.255 e. The summed E-state index contributed by atoms with van der Waals surface area (Å²) in [6.07, 6.45) is -0.611. The van der Waals surface area contributed by atoms with Crippen LogP contribution in [0.25, 0.3) is 0 Å². The molecule has 0 aliphatic carbocycles. The minimum absolute atomic E-state index is 0.0407. The second-order valence-corrected chi connectivity index (χ2v) is 4.69. The summed E-state index contributed by atoms with van der Waals surface area (Å²) < 4.78 is 5.52. The van der Waals surface area contributed by atoms with Gasteiger partial charge in [0.15, 0.2) is 18.2 Å². The molecule has 0 saturated carbocycles. The lowest BCUT2D eigenvalue weighted by atomic mass is 10.1. The van der Waals surface area contributed by atoms with Crippen LogP contribution in [-0.2, 0) is 9.53 Å². The lowest BCUT2D eigenvalue weighted by Crippen LogP contribution is -2.55. The number of fused-ring (bicyclic) bond motifs is 1. The van der Waals surface area contributed by atoms with Crippen molar-refractivity contribution in [3.8, 4) is 0 Å². The van der Waals surface area contributed by atoms with E-state index in [1.807, 2.05) is 0 Å². The van der Waals surface area contributed by atoms with Crippen LogP contribution in [0.4, 0.5) is 0 Å². The quantitative estimate of drug-likeness (QED) is 0.420. The van der Waals surface area contributed by atoms with Crippen LogP contribution in [0.15, 0.2) is 9.98 Å². The van der Waals surface area contributed by atoms with Gasteiger partial charge < -0.3 is 25.6 Å². The molecule has 19 heavy (non-hydrogen) atoms. The fourth-order valence-electron chi connectivity index (χ4n) is 2.48. The number of carbonyl (C=O) groups is 1. The number of amides is 1. The molecule has 0 aromatic heterocycles. The van der Waals surface area contributed by atoms with Crippen LogP contribution in [0.5, 0.6) is 0 Å². The number of nitrogens with two attached hydrogens (primary N) is 1. The maximum Gasteiger partial charge on any atom is 0.255 e. The Bertz CT molecular complexity index is 453. The zero-order chi connectivity index (χ0) is 13.6. The molecule has 5 N–H and O–H groups in total. The number of hydrogen-bond acceptors (Lipinski definition) is 8. The van der Waals surface area contributed by atoms with Crippen LogP contribution in [-0.4, -0.2) is 70.6 Å². The van der Waals surface area contributed by atoms with Gasteiger partial charge in [-0.15, -0.1) is 0 Å².